The van der Waals surface area contributed by atoms with Crippen molar-refractivity contribution in [2.45, 2.75) is 58.3 Å². The van der Waals surface area contributed by atoms with Crippen molar-refractivity contribution in [1.82, 2.24) is 23.6 Å². The Labute approximate surface area is 161 Å². The Morgan fingerprint density at radius 2 is 1.75 bits per heavy atom. The summed E-state index contributed by atoms with van der Waals surface area (Å²) in [5, 5.41) is 4.28. The number of nitrogens with zero attached hydrogens (tertiary/aromatic N) is 5. The summed E-state index contributed by atoms with van der Waals surface area (Å²) in [6.45, 7) is 3.92. The zero-order chi connectivity index (χ0) is 20.0. The molecule has 3 heterocycles. The number of primary amides is 1. The molecule has 0 unspecified atom stereocenters. The number of benzene rings is 1. The summed E-state index contributed by atoms with van der Waals surface area (Å²) in [6, 6.07) is 7.70. The van der Waals surface area contributed by atoms with Crippen molar-refractivity contribution in [3.05, 3.63) is 34.7 Å². The van der Waals surface area contributed by atoms with Crippen LogP contribution in [0.15, 0.2) is 29.1 Å². The Kier molecular flexibility index (Phi) is 4.44. The summed E-state index contributed by atoms with van der Waals surface area (Å²) in [7, 11) is 0. The molecular weight excluding hydrogens is 360 g/mol. The summed E-state index contributed by atoms with van der Waals surface area (Å²) in [4.78, 5) is 39.1. The number of imidazole rings is 1. The van der Waals surface area contributed by atoms with Crippen LogP contribution in [0.4, 0.5) is 0 Å². The Hall–Kier alpha value is -3.10. The van der Waals surface area contributed by atoms with Crippen molar-refractivity contribution in [1.29, 1.82) is 0 Å². The van der Waals surface area contributed by atoms with E-state index in [-0.39, 0.29) is 31.1 Å². The lowest BCUT2D eigenvalue weighted by Crippen LogP contribution is -2.48. The van der Waals surface area contributed by atoms with Gasteiger partial charge in [-0.3, -0.25) is 14.2 Å². The summed E-state index contributed by atoms with van der Waals surface area (Å²) >= 11 is 0. The minimum atomic E-state index is -0.647. The molecule has 0 spiro atoms. The van der Waals surface area contributed by atoms with Crippen LogP contribution >= 0.6 is 0 Å². The smallest absolute Gasteiger partial charge is 0.352 e. The second-order valence-corrected chi connectivity index (χ2v) is 7.55. The summed E-state index contributed by atoms with van der Waals surface area (Å²) < 4.78 is 4.20. The summed E-state index contributed by atoms with van der Waals surface area (Å²) in [5.41, 5.74) is 6.17. The number of fused-ring (bicyclic) bond motifs is 3. The van der Waals surface area contributed by atoms with Crippen LogP contribution < -0.4 is 11.4 Å². The Balaban J connectivity index is 1.82. The fourth-order valence-corrected chi connectivity index (χ4v) is 4.31. The predicted octanol–water partition coefficient (Wildman–Crippen LogP) is 0.726. The highest BCUT2D eigenvalue weighted by molar-refractivity contribution is 5.85. The Morgan fingerprint density at radius 3 is 2.39 bits per heavy atom. The molecular formula is C19H24N6O3. The van der Waals surface area contributed by atoms with E-state index in [1.165, 1.54) is 4.40 Å². The third-order valence-corrected chi connectivity index (χ3v) is 5.56. The van der Waals surface area contributed by atoms with Gasteiger partial charge in [0.25, 0.3) is 0 Å². The Bertz CT molecular complexity index is 1110. The van der Waals surface area contributed by atoms with E-state index < -0.39 is 11.6 Å². The van der Waals surface area contributed by atoms with Gasteiger partial charge in [0.15, 0.2) is 0 Å². The average Bonchev–Trinajstić information content (AvgIpc) is 3.10. The van der Waals surface area contributed by atoms with Gasteiger partial charge in [-0.25, -0.2) is 13.9 Å². The first kappa shape index (κ1) is 18.3. The van der Waals surface area contributed by atoms with Crippen molar-refractivity contribution in [3.8, 4) is 0 Å². The van der Waals surface area contributed by atoms with Gasteiger partial charge in [-0.1, -0.05) is 12.1 Å². The minimum Gasteiger partial charge on any atom is -0.368 e. The number of likely N-dealkylation sites (tertiary alicyclic amines) is 1. The van der Waals surface area contributed by atoms with Gasteiger partial charge in [0.2, 0.25) is 17.6 Å². The molecule has 28 heavy (non-hydrogen) atoms. The van der Waals surface area contributed by atoms with E-state index in [4.69, 9.17) is 5.73 Å². The molecule has 0 radical (unpaired) electrons. The average molecular weight is 384 g/mol. The molecule has 2 amide bonds. The lowest BCUT2D eigenvalue weighted by atomic mass is 9.97. The molecule has 9 heteroatoms. The highest BCUT2D eigenvalue weighted by Crippen LogP contribution is 2.24. The monoisotopic (exact) mass is 384 g/mol. The molecule has 1 fully saturated rings. The zero-order valence-electron chi connectivity index (χ0n) is 16.0. The van der Waals surface area contributed by atoms with Crippen molar-refractivity contribution in [2.75, 3.05) is 0 Å². The number of nitrogens with two attached hydrogens (primary N) is 1. The minimum absolute atomic E-state index is 0.000136. The van der Waals surface area contributed by atoms with E-state index in [1.807, 2.05) is 23.1 Å². The zero-order valence-corrected chi connectivity index (χ0v) is 16.0. The maximum atomic E-state index is 13.2. The third-order valence-electron chi connectivity index (χ3n) is 5.56. The molecule has 1 aromatic carbocycles. The number of rotatable bonds is 4. The standard InChI is InChI=1S/C19H24N6O3/c1-12-6-5-7-13(2)24(12)17(27)11-22-14-8-3-4-9-15(14)25-18(22)21-23(19(25)28)10-16(20)26/h3-4,8-9,12-13H,5-7,10-11H2,1-2H3,(H2,20,26)/t12-,13+. The highest BCUT2D eigenvalue weighted by Gasteiger charge is 2.30. The SMILES string of the molecule is C[C@@H]1CCC[C@H](C)N1C(=O)Cn1c2ccccc2n2c(=O)n(CC(N)=O)nc12. The van der Waals surface area contributed by atoms with E-state index in [0.29, 0.717) is 11.3 Å². The van der Waals surface area contributed by atoms with Crippen molar-refractivity contribution in [2.24, 2.45) is 5.73 Å². The van der Waals surface area contributed by atoms with Gasteiger partial charge >= 0.3 is 5.69 Å². The second kappa shape index (κ2) is 6.81. The predicted molar refractivity (Wildman–Crippen MR) is 104 cm³/mol. The van der Waals surface area contributed by atoms with Gasteiger partial charge in [0, 0.05) is 12.1 Å². The van der Waals surface area contributed by atoms with Gasteiger partial charge in [-0.2, -0.15) is 0 Å². The molecule has 3 aromatic rings. The largest absolute Gasteiger partial charge is 0.368 e. The number of hydrogen-bond acceptors (Lipinski definition) is 4. The second-order valence-electron chi connectivity index (χ2n) is 7.55. The summed E-state index contributed by atoms with van der Waals surface area (Å²) in [5.74, 6) is -0.316. The normalized spacial score (nSPS) is 20.1. The van der Waals surface area contributed by atoms with Crippen molar-refractivity contribution >= 4 is 28.6 Å². The first-order valence-corrected chi connectivity index (χ1v) is 9.54. The number of amides is 2. The lowest BCUT2D eigenvalue weighted by Gasteiger charge is -2.39. The summed E-state index contributed by atoms with van der Waals surface area (Å²) in [6.07, 6.45) is 3.10. The van der Waals surface area contributed by atoms with Crippen LogP contribution in [0.25, 0.3) is 16.8 Å². The van der Waals surface area contributed by atoms with E-state index in [1.54, 1.807) is 10.6 Å². The molecule has 4 rings (SSSR count). The number of carbonyl (C=O) groups is 2. The molecule has 2 aromatic heterocycles. The molecule has 0 bridgehead atoms. The molecule has 0 aliphatic carbocycles. The van der Waals surface area contributed by atoms with Crippen LogP contribution in [0.3, 0.4) is 0 Å². The maximum Gasteiger partial charge on any atom is 0.352 e. The maximum absolute atomic E-state index is 13.2. The Morgan fingerprint density at radius 1 is 1.11 bits per heavy atom. The molecule has 2 N–H and O–H groups in total. The molecule has 2 atom stereocenters. The first-order chi connectivity index (χ1) is 13.4. The van der Waals surface area contributed by atoms with E-state index >= 15 is 0 Å². The van der Waals surface area contributed by atoms with Crippen LogP contribution in [-0.4, -0.2) is 47.5 Å². The first-order valence-electron chi connectivity index (χ1n) is 9.54. The highest BCUT2D eigenvalue weighted by atomic mass is 16.2. The fraction of sp³-hybridized carbons (Fsp3) is 0.474. The fourth-order valence-electron chi connectivity index (χ4n) is 4.31. The van der Waals surface area contributed by atoms with E-state index in [2.05, 4.69) is 18.9 Å². The van der Waals surface area contributed by atoms with Gasteiger partial charge in [-0.15, -0.1) is 5.10 Å². The van der Waals surface area contributed by atoms with E-state index in [0.717, 1.165) is 29.5 Å². The molecule has 1 aliphatic heterocycles. The molecule has 148 valence electrons. The number of aromatic nitrogens is 4. The third kappa shape index (κ3) is 2.87. The quantitative estimate of drug-likeness (QED) is 0.715. The van der Waals surface area contributed by atoms with E-state index in [9.17, 15) is 14.4 Å². The topological polar surface area (TPSA) is 108 Å². The number of piperidine rings is 1. The van der Waals surface area contributed by atoms with Gasteiger partial charge in [-0.05, 0) is 45.2 Å². The molecule has 1 saturated heterocycles. The molecule has 0 saturated carbocycles. The van der Waals surface area contributed by atoms with Crippen LogP contribution in [0.1, 0.15) is 33.1 Å². The van der Waals surface area contributed by atoms with Crippen LogP contribution in [0, 0.1) is 0 Å². The van der Waals surface area contributed by atoms with Crippen molar-refractivity contribution < 1.29 is 9.59 Å². The van der Waals surface area contributed by atoms with Crippen LogP contribution in [-0.2, 0) is 22.7 Å². The number of carbonyl (C=O) groups excluding carboxylic acids is 2. The lowest BCUT2D eigenvalue weighted by molar-refractivity contribution is -0.137. The van der Waals surface area contributed by atoms with Gasteiger partial charge < -0.3 is 10.6 Å². The van der Waals surface area contributed by atoms with Crippen molar-refractivity contribution in [3.63, 3.8) is 0 Å². The molecule has 9 nitrogen and oxygen atoms in total. The number of para-hydroxylation sites is 2. The van der Waals surface area contributed by atoms with Crippen LogP contribution in [0.2, 0.25) is 0 Å². The number of hydrogen-bond donors (Lipinski definition) is 1. The van der Waals surface area contributed by atoms with Gasteiger partial charge in [0.05, 0.1) is 11.0 Å². The molecule has 1 aliphatic rings. The van der Waals surface area contributed by atoms with Gasteiger partial charge in [0.1, 0.15) is 13.1 Å². The van der Waals surface area contributed by atoms with Crippen LogP contribution in [0.5, 0.6) is 0 Å².